The van der Waals surface area contributed by atoms with Crippen LogP contribution in [0, 0.1) is 5.92 Å². The van der Waals surface area contributed by atoms with E-state index in [1.54, 1.807) is 0 Å². The highest BCUT2D eigenvalue weighted by molar-refractivity contribution is 5.82. The quantitative estimate of drug-likeness (QED) is 0.920. The summed E-state index contributed by atoms with van der Waals surface area (Å²) in [5.74, 6) is 0.785. The Bertz CT molecular complexity index is 706. The fraction of sp³-hybridized carbons (Fsp3) is 0.350. The van der Waals surface area contributed by atoms with Crippen molar-refractivity contribution in [1.29, 1.82) is 0 Å². The van der Waals surface area contributed by atoms with Crippen LogP contribution in [0.1, 0.15) is 24.5 Å². The van der Waals surface area contributed by atoms with Gasteiger partial charge in [0.05, 0.1) is 6.61 Å². The Labute approximate surface area is 136 Å². The first-order valence-corrected chi connectivity index (χ1v) is 8.20. The zero-order valence-corrected chi connectivity index (χ0v) is 13.4. The van der Waals surface area contributed by atoms with E-state index in [0.29, 0.717) is 6.61 Å². The first-order chi connectivity index (χ1) is 11.2. The van der Waals surface area contributed by atoms with Crippen molar-refractivity contribution in [2.75, 3.05) is 13.2 Å². The van der Waals surface area contributed by atoms with E-state index in [1.165, 1.54) is 11.1 Å². The van der Waals surface area contributed by atoms with Crippen molar-refractivity contribution in [3.05, 3.63) is 53.6 Å². The number of ketones is 1. The molecule has 0 fully saturated rings. The van der Waals surface area contributed by atoms with Gasteiger partial charge in [-0.1, -0.05) is 30.3 Å². The van der Waals surface area contributed by atoms with Crippen molar-refractivity contribution in [2.24, 2.45) is 5.92 Å². The van der Waals surface area contributed by atoms with Crippen molar-refractivity contribution in [3.63, 3.8) is 0 Å². The standard InChI is InChI=1S/C20H22O3/c1-2-23-19-5-3-4-15(12-19)16-8-6-14-7-9-17(20(22)13-21)11-18(14)10-16/h3-6,8,10,12,17,21H,2,7,9,11,13H2,1H3. The van der Waals surface area contributed by atoms with Crippen molar-refractivity contribution < 1.29 is 14.6 Å². The lowest BCUT2D eigenvalue weighted by molar-refractivity contribution is -0.125. The van der Waals surface area contributed by atoms with E-state index in [0.717, 1.165) is 36.1 Å². The van der Waals surface area contributed by atoms with E-state index in [4.69, 9.17) is 9.84 Å². The third-order valence-corrected chi connectivity index (χ3v) is 4.52. The molecule has 2 aromatic carbocycles. The lowest BCUT2D eigenvalue weighted by atomic mass is 9.81. The van der Waals surface area contributed by atoms with E-state index in [1.807, 2.05) is 25.1 Å². The van der Waals surface area contributed by atoms with E-state index >= 15 is 0 Å². The fourth-order valence-electron chi connectivity index (χ4n) is 3.27. The largest absolute Gasteiger partial charge is 0.494 e. The summed E-state index contributed by atoms with van der Waals surface area (Å²) < 4.78 is 5.57. The zero-order chi connectivity index (χ0) is 16.2. The van der Waals surface area contributed by atoms with Crippen molar-refractivity contribution in [3.8, 4) is 16.9 Å². The van der Waals surface area contributed by atoms with Crippen LogP contribution in [0.25, 0.3) is 11.1 Å². The van der Waals surface area contributed by atoms with Gasteiger partial charge in [0.25, 0.3) is 0 Å². The van der Waals surface area contributed by atoms with Crippen LogP contribution in [-0.2, 0) is 17.6 Å². The first kappa shape index (κ1) is 15.8. The van der Waals surface area contributed by atoms with Gasteiger partial charge in [0.2, 0.25) is 0 Å². The number of fused-ring (bicyclic) bond motifs is 1. The van der Waals surface area contributed by atoms with Crippen LogP contribution in [0.15, 0.2) is 42.5 Å². The minimum atomic E-state index is -0.351. The number of carbonyl (C=O) groups excluding carboxylic acids is 1. The highest BCUT2D eigenvalue weighted by atomic mass is 16.5. The number of benzene rings is 2. The number of aliphatic hydroxyl groups excluding tert-OH is 1. The van der Waals surface area contributed by atoms with Crippen molar-refractivity contribution >= 4 is 5.78 Å². The molecule has 23 heavy (non-hydrogen) atoms. The lowest BCUT2D eigenvalue weighted by Crippen LogP contribution is -2.24. The van der Waals surface area contributed by atoms with Gasteiger partial charge in [0.15, 0.2) is 5.78 Å². The molecular weight excluding hydrogens is 288 g/mol. The molecule has 1 atom stereocenters. The number of hydrogen-bond acceptors (Lipinski definition) is 3. The summed E-state index contributed by atoms with van der Waals surface area (Å²) in [4.78, 5) is 11.8. The Hall–Kier alpha value is -2.13. The number of Topliss-reactive ketones (excluding diaryl/α,β-unsaturated/α-hetero) is 1. The molecule has 0 heterocycles. The van der Waals surface area contributed by atoms with Crippen LogP contribution in [0.4, 0.5) is 0 Å². The molecule has 3 heteroatoms. The monoisotopic (exact) mass is 310 g/mol. The molecule has 0 saturated carbocycles. The molecule has 0 aliphatic heterocycles. The van der Waals surface area contributed by atoms with Crippen LogP contribution >= 0.6 is 0 Å². The number of rotatable bonds is 5. The third kappa shape index (κ3) is 3.45. The Balaban J connectivity index is 1.89. The van der Waals surface area contributed by atoms with Crippen molar-refractivity contribution in [2.45, 2.75) is 26.2 Å². The van der Waals surface area contributed by atoms with Gasteiger partial charge in [-0.3, -0.25) is 4.79 Å². The lowest BCUT2D eigenvalue weighted by Gasteiger charge is -2.23. The molecule has 1 N–H and O–H groups in total. The predicted molar refractivity (Wildman–Crippen MR) is 90.7 cm³/mol. The van der Waals surface area contributed by atoms with Gasteiger partial charge in [-0.25, -0.2) is 0 Å². The van der Waals surface area contributed by atoms with Crippen LogP contribution in [-0.4, -0.2) is 24.1 Å². The van der Waals surface area contributed by atoms with Gasteiger partial charge in [-0.15, -0.1) is 0 Å². The molecule has 1 aliphatic carbocycles. The predicted octanol–water partition coefficient (Wildman–Crippen LogP) is 3.42. The molecule has 3 rings (SSSR count). The molecule has 1 unspecified atom stereocenters. The third-order valence-electron chi connectivity index (χ3n) is 4.52. The summed E-state index contributed by atoms with van der Waals surface area (Å²) in [7, 11) is 0. The van der Waals surface area contributed by atoms with Gasteiger partial charge in [0.1, 0.15) is 12.4 Å². The van der Waals surface area contributed by atoms with Crippen molar-refractivity contribution in [1.82, 2.24) is 0 Å². The topological polar surface area (TPSA) is 46.5 Å². The Morgan fingerprint density at radius 3 is 2.78 bits per heavy atom. The SMILES string of the molecule is CCOc1cccc(-c2ccc3c(c2)CC(C(=O)CO)CC3)c1. The summed E-state index contributed by atoms with van der Waals surface area (Å²) in [6, 6.07) is 14.6. The maximum absolute atomic E-state index is 11.8. The molecule has 2 aromatic rings. The van der Waals surface area contributed by atoms with E-state index in [9.17, 15) is 4.79 Å². The number of aliphatic hydroxyl groups is 1. The van der Waals surface area contributed by atoms with Gasteiger partial charge in [-0.2, -0.15) is 0 Å². The summed E-state index contributed by atoms with van der Waals surface area (Å²) in [5.41, 5.74) is 4.80. The molecule has 0 bridgehead atoms. The number of aryl methyl sites for hydroxylation is 1. The maximum atomic E-state index is 11.8. The Morgan fingerprint density at radius 2 is 2.00 bits per heavy atom. The smallest absolute Gasteiger partial charge is 0.161 e. The summed E-state index contributed by atoms with van der Waals surface area (Å²) >= 11 is 0. The van der Waals surface area contributed by atoms with Crippen LogP contribution in [0.2, 0.25) is 0 Å². The minimum Gasteiger partial charge on any atom is -0.494 e. The number of ether oxygens (including phenoxy) is 1. The van der Waals surface area contributed by atoms with Crippen LogP contribution in [0.5, 0.6) is 5.75 Å². The second kappa shape index (κ2) is 6.97. The first-order valence-electron chi connectivity index (χ1n) is 8.20. The summed E-state index contributed by atoms with van der Waals surface area (Å²) in [5, 5.41) is 9.09. The Morgan fingerprint density at radius 1 is 1.17 bits per heavy atom. The maximum Gasteiger partial charge on any atom is 0.161 e. The van der Waals surface area contributed by atoms with E-state index < -0.39 is 0 Å². The normalized spacial score (nSPS) is 16.7. The molecule has 0 aromatic heterocycles. The van der Waals surface area contributed by atoms with E-state index in [-0.39, 0.29) is 18.3 Å². The van der Waals surface area contributed by atoms with Crippen LogP contribution in [0.3, 0.4) is 0 Å². The molecule has 0 spiro atoms. The fourth-order valence-corrected chi connectivity index (χ4v) is 3.27. The van der Waals surface area contributed by atoms with Gasteiger partial charge >= 0.3 is 0 Å². The molecule has 0 amide bonds. The van der Waals surface area contributed by atoms with Gasteiger partial charge < -0.3 is 9.84 Å². The van der Waals surface area contributed by atoms with Gasteiger partial charge in [-0.05, 0) is 60.6 Å². The summed E-state index contributed by atoms with van der Waals surface area (Å²) in [6.07, 6.45) is 2.48. The second-order valence-corrected chi connectivity index (χ2v) is 6.01. The number of carbonyl (C=O) groups is 1. The highest BCUT2D eigenvalue weighted by Gasteiger charge is 2.24. The second-order valence-electron chi connectivity index (χ2n) is 6.01. The molecule has 1 aliphatic rings. The molecule has 3 nitrogen and oxygen atoms in total. The van der Waals surface area contributed by atoms with E-state index in [2.05, 4.69) is 24.3 Å². The molecule has 120 valence electrons. The zero-order valence-electron chi connectivity index (χ0n) is 13.4. The van der Waals surface area contributed by atoms with Crippen LogP contribution < -0.4 is 4.74 Å². The molecular formula is C20H22O3. The Kier molecular flexibility index (Phi) is 4.77. The average molecular weight is 310 g/mol. The molecule has 0 saturated heterocycles. The van der Waals surface area contributed by atoms with Gasteiger partial charge in [0, 0.05) is 5.92 Å². The summed E-state index contributed by atoms with van der Waals surface area (Å²) in [6.45, 7) is 2.28. The number of hydrogen-bond donors (Lipinski definition) is 1. The minimum absolute atomic E-state index is 0.0422. The average Bonchev–Trinajstić information content (AvgIpc) is 2.60. The molecule has 0 radical (unpaired) electrons. The highest BCUT2D eigenvalue weighted by Crippen LogP contribution is 2.31.